The number of aryl methyl sites for hydroxylation is 1. The molecule has 2 aliphatic heterocycles. The van der Waals surface area contributed by atoms with E-state index in [0.717, 1.165) is 33.6 Å². The number of fused-ring (bicyclic) bond motifs is 2. The summed E-state index contributed by atoms with van der Waals surface area (Å²) in [6.45, 7) is 14.2. The number of benzene rings is 1. The smallest absolute Gasteiger partial charge is 0.310 e. The number of carbonyl (C=O) groups is 3. The van der Waals surface area contributed by atoms with Crippen molar-refractivity contribution in [2.24, 2.45) is 17.3 Å². The topological polar surface area (TPSA) is 115 Å². The summed E-state index contributed by atoms with van der Waals surface area (Å²) in [6, 6.07) is 5.88. The molecule has 4 rings (SSSR count). The summed E-state index contributed by atoms with van der Waals surface area (Å²) >= 11 is 1.60. The van der Waals surface area contributed by atoms with Crippen LogP contribution in [0.1, 0.15) is 83.4 Å². The fourth-order valence-electron chi connectivity index (χ4n) is 5.81. The lowest BCUT2D eigenvalue weighted by Crippen LogP contribution is -2.47. The summed E-state index contributed by atoms with van der Waals surface area (Å²) in [5.74, 6) is -2.60. The summed E-state index contributed by atoms with van der Waals surface area (Å²) in [5.41, 5.74) is 0.0125. The maximum absolute atomic E-state index is 13.8. The van der Waals surface area contributed by atoms with Gasteiger partial charge in [0.05, 0.1) is 50.8 Å². The molecule has 218 valence electrons. The van der Waals surface area contributed by atoms with E-state index in [9.17, 15) is 19.5 Å². The molecule has 0 amide bonds. The Kier molecular flexibility index (Phi) is 8.88. The molecule has 1 aromatic heterocycles. The summed E-state index contributed by atoms with van der Waals surface area (Å²) in [5, 5.41) is 12.1. The van der Waals surface area contributed by atoms with Gasteiger partial charge >= 0.3 is 11.9 Å². The normalized spacial score (nSPS) is 33.6. The van der Waals surface area contributed by atoms with Crippen LogP contribution >= 0.6 is 11.3 Å². The molecule has 40 heavy (non-hydrogen) atoms. The Morgan fingerprint density at radius 1 is 1.27 bits per heavy atom. The molecular formula is C31H41NO7S. The number of rotatable bonds is 3. The lowest BCUT2D eigenvalue weighted by Gasteiger charge is -2.36. The molecule has 2 aliphatic rings. The van der Waals surface area contributed by atoms with Crippen molar-refractivity contribution < 1.29 is 33.7 Å². The van der Waals surface area contributed by atoms with E-state index in [1.165, 1.54) is 13.0 Å². The van der Waals surface area contributed by atoms with Crippen LogP contribution in [-0.2, 0) is 28.6 Å². The fraction of sp³-hybridized carbons (Fsp3) is 0.613. The number of aliphatic hydroxyl groups is 1. The maximum Gasteiger partial charge on any atom is 0.310 e. The van der Waals surface area contributed by atoms with Gasteiger partial charge in [-0.25, -0.2) is 4.98 Å². The van der Waals surface area contributed by atoms with Crippen molar-refractivity contribution in [2.45, 2.75) is 104 Å². The quantitative estimate of drug-likeness (QED) is 0.286. The van der Waals surface area contributed by atoms with Gasteiger partial charge in [0.15, 0.2) is 5.78 Å². The number of hydrogen-bond donors (Lipinski definition) is 1. The second kappa shape index (κ2) is 11.7. The third-order valence-electron chi connectivity index (χ3n) is 8.57. The van der Waals surface area contributed by atoms with Crippen LogP contribution in [0.3, 0.4) is 0 Å². The van der Waals surface area contributed by atoms with Gasteiger partial charge in [-0.3, -0.25) is 14.4 Å². The van der Waals surface area contributed by atoms with Gasteiger partial charge in [0.25, 0.3) is 0 Å². The van der Waals surface area contributed by atoms with Crippen molar-refractivity contribution >= 4 is 39.3 Å². The Balaban J connectivity index is 1.69. The maximum atomic E-state index is 13.8. The first-order valence-electron chi connectivity index (χ1n) is 14.0. The van der Waals surface area contributed by atoms with E-state index in [-0.39, 0.29) is 29.8 Å². The van der Waals surface area contributed by atoms with E-state index >= 15 is 0 Å². The van der Waals surface area contributed by atoms with Crippen LogP contribution < -0.4 is 0 Å². The molecule has 2 saturated heterocycles. The molecule has 0 saturated carbocycles. The van der Waals surface area contributed by atoms with Gasteiger partial charge in [-0.15, -0.1) is 17.9 Å². The number of ether oxygens (including phenoxy) is 3. The zero-order valence-corrected chi connectivity index (χ0v) is 25.1. The molecule has 9 heteroatoms. The summed E-state index contributed by atoms with van der Waals surface area (Å²) in [7, 11) is 0. The van der Waals surface area contributed by atoms with Crippen molar-refractivity contribution in [3.63, 3.8) is 0 Å². The van der Waals surface area contributed by atoms with Crippen molar-refractivity contribution in [3.8, 4) is 0 Å². The second-order valence-corrected chi connectivity index (χ2v) is 13.3. The molecule has 1 N–H and O–H groups in total. The molecule has 8 nitrogen and oxygen atoms in total. The number of ketones is 1. The molecular weight excluding hydrogens is 530 g/mol. The number of epoxide rings is 1. The van der Waals surface area contributed by atoms with Gasteiger partial charge in [0.1, 0.15) is 12.2 Å². The lowest BCUT2D eigenvalue weighted by molar-refractivity contribution is -0.166. The van der Waals surface area contributed by atoms with Crippen molar-refractivity contribution in [2.75, 3.05) is 0 Å². The molecule has 0 aliphatic carbocycles. The third kappa shape index (κ3) is 6.47. The average Bonchev–Trinajstić information content (AvgIpc) is 3.34. The van der Waals surface area contributed by atoms with E-state index in [0.29, 0.717) is 12.8 Å². The van der Waals surface area contributed by atoms with Crippen LogP contribution in [0.15, 0.2) is 30.9 Å². The molecule has 0 unspecified atom stereocenters. The Morgan fingerprint density at radius 3 is 2.67 bits per heavy atom. The van der Waals surface area contributed by atoms with Crippen LogP contribution in [-0.4, -0.2) is 51.7 Å². The molecule has 0 spiro atoms. The summed E-state index contributed by atoms with van der Waals surface area (Å²) in [4.78, 5) is 43.9. The van der Waals surface area contributed by atoms with Crippen molar-refractivity contribution in [1.82, 2.24) is 4.98 Å². The highest BCUT2D eigenvalue weighted by Gasteiger charge is 2.53. The van der Waals surface area contributed by atoms with Gasteiger partial charge in [-0.05, 0) is 64.2 Å². The minimum Gasteiger partial charge on any atom is -0.461 e. The predicted molar refractivity (Wildman–Crippen MR) is 153 cm³/mol. The first-order chi connectivity index (χ1) is 18.7. The molecule has 0 radical (unpaired) electrons. The number of cyclic esters (lactones) is 1. The Bertz CT molecular complexity index is 1290. The number of carbonyl (C=O) groups excluding carboxylic acids is 3. The number of Topliss-reactive ketones (excluding diaryl/α,β-unsaturated/α-hetero) is 1. The number of nitrogens with zero attached hydrogens (tertiary/aromatic N) is 1. The van der Waals surface area contributed by atoms with Crippen LogP contribution in [0.25, 0.3) is 10.2 Å². The van der Waals surface area contributed by atoms with E-state index in [2.05, 4.69) is 18.5 Å². The zero-order valence-electron chi connectivity index (χ0n) is 24.3. The minimum absolute atomic E-state index is 0.102. The van der Waals surface area contributed by atoms with Crippen LogP contribution in [0.5, 0.6) is 0 Å². The van der Waals surface area contributed by atoms with E-state index in [4.69, 9.17) is 14.2 Å². The molecule has 1 aromatic carbocycles. The average molecular weight is 572 g/mol. The lowest BCUT2D eigenvalue weighted by atomic mass is 9.72. The number of aliphatic hydroxyl groups excluding tert-OH is 1. The monoisotopic (exact) mass is 571 g/mol. The van der Waals surface area contributed by atoms with Crippen molar-refractivity contribution in [3.05, 3.63) is 41.4 Å². The van der Waals surface area contributed by atoms with Gasteiger partial charge in [0.2, 0.25) is 0 Å². The number of thiazole rings is 1. The Labute approximate surface area is 240 Å². The third-order valence-corrected chi connectivity index (χ3v) is 9.52. The van der Waals surface area contributed by atoms with Gasteiger partial charge in [0, 0.05) is 13.3 Å². The highest BCUT2D eigenvalue weighted by Crippen LogP contribution is 2.47. The Hall–Kier alpha value is -2.62. The van der Waals surface area contributed by atoms with Crippen molar-refractivity contribution in [1.29, 1.82) is 0 Å². The first kappa shape index (κ1) is 30.3. The minimum atomic E-state index is -1.29. The van der Waals surface area contributed by atoms with E-state index in [1.807, 2.05) is 32.0 Å². The van der Waals surface area contributed by atoms with Gasteiger partial charge < -0.3 is 19.3 Å². The molecule has 3 heterocycles. The van der Waals surface area contributed by atoms with Crippen LogP contribution in [0.2, 0.25) is 0 Å². The molecule has 7 atom stereocenters. The van der Waals surface area contributed by atoms with Gasteiger partial charge in [-0.1, -0.05) is 25.5 Å². The predicted octanol–water partition coefficient (Wildman–Crippen LogP) is 5.64. The SMILES string of the molecule is C=C[C@@H]1C(=O)C(C)(C)[C@H](OC(C)=O)CC(=O)O[C@@H](c2ccc3sc(C)nc3c2)C[C@H]2O[C@@]2(C)CCC[C@@H](C)[C@H]1O. The second-order valence-electron chi connectivity index (χ2n) is 12.1. The highest BCUT2D eigenvalue weighted by molar-refractivity contribution is 7.18. The van der Waals surface area contributed by atoms with Crippen LogP contribution in [0, 0.1) is 24.2 Å². The highest BCUT2D eigenvalue weighted by atomic mass is 32.1. The summed E-state index contributed by atoms with van der Waals surface area (Å²) in [6.07, 6.45) is 1.14. The summed E-state index contributed by atoms with van der Waals surface area (Å²) < 4.78 is 18.8. The number of esters is 2. The fourth-order valence-corrected chi connectivity index (χ4v) is 6.61. The molecule has 0 bridgehead atoms. The van der Waals surface area contributed by atoms with E-state index < -0.39 is 41.6 Å². The van der Waals surface area contributed by atoms with E-state index in [1.54, 1.807) is 25.2 Å². The molecule has 2 aromatic rings. The zero-order chi connectivity index (χ0) is 29.4. The van der Waals surface area contributed by atoms with Crippen LogP contribution in [0.4, 0.5) is 0 Å². The first-order valence-corrected chi connectivity index (χ1v) is 14.8. The van der Waals surface area contributed by atoms with Gasteiger partial charge in [-0.2, -0.15) is 0 Å². The number of aromatic nitrogens is 1. The molecule has 2 fully saturated rings. The Morgan fingerprint density at radius 2 is 2.00 bits per heavy atom. The standard InChI is InChI=1S/C31H41NO7S/c1-8-21-28(35)17(2)10-9-13-31(7)26(39-31)15-23(20-11-12-24-22(14-20)32-18(3)40-24)38-27(34)16-25(37-19(4)33)30(5,6)29(21)36/h8,11-12,14,17,21,23,25-26,28,35H,1,9-10,13,15-16H2,2-7H3/t17-,21+,23-,25-,26-,28-,31+/m1/s1. The number of hydrogen-bond acceptors (Lipinski definition) is 9. The largest absolute Gasteiger partial charge is 0.461 e.